The van der Waals surface area contributed by atoms with Gasteiger partial charge in [-0.2, -0.15) is 18.3 Å². The van der Waals surface area contributed by atoms with Crippen LogP contribution in [0, 0.1) is 0 Å². The number of benzene rings is 2. The Balaban J connectivity index is 1.89. The number of amides is 1. The maximum Gasteiger partial charge on any atom is 0.416 e. The first-order valence-corrected chi connectivity index (χ1v) is 10.5. The topological polar surface area (TPSA) is 99.5 Å². The molecular weight excluding hydrogens is 451 g/mol. The van der Waals surface area contributed by atoms with Gasteiger partial charge in [-0.3, -0.25) is 9.48 Å². The Labute approximate surface area is 181 Å². The molecule has 0 saturated heterocycles. The fourth-order valence-corrected chi connectivity index (χ4v) is 4.05. The fraction of sp³-hybridized carbons (Fsp3) is 0.200. The summed E-state index contributed by atoms with van der Waals surface area (Å²) in [7, 11) is -2.20. The van der Waals surface area contributed by atoms with Gasteiger partial charge >= 0.3 is 6.18 Å². The number of nitrogens with zero attached hydrogens (tertiary/aromatic N) is 2. The van der Waals surface area contributed by atoms with Gasteiger partial charge in [-0.25, -0.2) is 13.1 Å². The molecule has 1 aromatic heterocycles. The van der Waals surface area contributed by atoms with Gasteiger partial charge in [0.2, 0.25) is 0 Å². The second kappa shape index (κ2) is 8.91. The lowest BCUT2D eigenvalue weighted by atomic mass is 10.1. The highest BCUT2D eigenvalue weighted by atomic mass is 32.2. The minimum atomic E-state index is -4.78. The number of ether oxygens (including phenoxy) is 2. The van der Waals surface area contributed by atoms with Crippen molar-refractivity contribution in [3.05, 3.63) is 71.5 Å². The average Bonchev–Trinajstić information content (AvgIpc) is 3.25. The van der Waals surface area contributed by atoms with Crippen LogP contribution in [-0.2, 0) is 22.7 Å². The van der Waals surface area contributed by atoms with Crippen LogP contribution in [0.25, 0.3) is 0 Å². The van der Waals surface area contributed by atoms with E-state index >= 15 is 0 Å². The number of carbonyl (C=O) groups is 1. The molecular formula is C20H18F3N3O5S. The Morgan fingerprint density at radius 1 is 1.09 bits per heavy atom. The van der Waals surface area contributed by atoms with Crippen molar-refractivity contribution >= 4 is 15.9 Å². The van der Waals surface area contributed by atoms with E-state index in [0.29, 0.717) is 30.0 Å². The van der Waals surface area contributed by atoms with E-state index in [1.165, 1.54) is 19.2 Å². The average molecular weight is 469 g/mol. The Kier molecular flexibility index (Phi) is 6.44. The monoisotopic (exact) mass is 469 g/mol. The highest BCUT2D eigenvalue weighted by molar-refractivity contribution is 7.90. The van der Waals surface area contributed by atoms with Crippen LogP contribution in [0.2, 0.25) is 0 Å². The van der Waals surface area contributed by atoms with E-state index in [0.717, 1.165) is 13.2 Å². The summed E-state index contributed by atoms with van der Waals surface area (Å²) in [6, 6.07) is 7.96. The van der Waals surface area contributed by atoms with Gasteiger partial charge in [-0.05, 0) is 36.4 Å². The molecule has 0 radical (unpaired) electrons. The minimum Gasteiger partial charge on any atom is -0.496 e. The molecule has 1 N–H and O–H groups in total. The molecule has 1 amide bonds. The SMILES string of the molecule is COc1cc(C(=O)NS(=O)(=O)c2cc(C(F)(F)F)ccc2OC)ccc1Cn1cccn1. The first kappa shape index (κ1) is 23.1. The normalized spacial score (nSPS) is 11.8. The predicted molar refractivity (Wildman–Crippen MR) is 107 cm³/mol. The molecule has 8 nitrogen and oxygen atoms in total. The van der Waals surface area contributed by atoms with E-state index in [9.17, 15) is 26.4 Å². The lowest BCUT2D eigenvalue weighted by Gasteiger charge is -2.14. The number of hydrogen-bond donors (Lipinski definition) is 1. The number of alkyl halides is 3. The van der Waals surface area contributed by atoms with Crippen LogP contribution in [0.3, 0.4) is 0 Å². The number of nitrogens with one attached hydrogen (secondary N) is 1. The van der Waals surface area contributed by atoms with Crippen molar-refractivity contribution in [3.63, 3.8) is 0 Å². The molecule has 170 valence electrons. The number of sulfonamides is 1. The fourth-order valence-electron chi connectivity index (χ4n) is 2.88. The lowest BCUT2D eigenvalue weighted by molar-refractivity contribution is -0.137. The standard InChI is InChI=1S/C20H18F3N3O5S/c1-30-16-7-6-15(20(21,22)23)11-18(16)32(28,29)25-19(27)13-4-5-14(17(10-13)31-2)12-26-9-3-8-24-26/h3-11H,12H2,1-2H3,(H,25,27). The smallest absolute Gasteiger partial charge is 0.416 e. The van der Waals surface area contributed by atoms with Crippen LogP contribution in [-0.4, -0.2) is 38.3 Å². The van der Waals surface area contributed by atoms with Gasteiger partial charge in [-0.1, -0.05) is 6.07 Å². The summed E-state index contributed by atoms with van der Waals surface area (Å²) in [4.78, 5) is 11.8. The third-order valence-corrected chi connectivity index (χ3v) is 5.80. The molecule has 3 aromatic rings. The van der Waals surface area contributed by atoms with E-state index in [4.69, 9.17) is 9.47 Å². The van der Waals surface area contributed by atoms with Crippen LogP contribution in [0.5, 0.6) is 11.5 Å². The van der Waals surface area contributed by atoms with Crippen molar-refractivity contribution in [2.24, 2.45) is 0 Å². The molecule has 0 spiro atoms. The molecule has 0 unspecified atom stereocenters. The summed E-state index contributed by atoms with van der Waals surface area (Å²) >= 11 is 0. The quantitative estimate of drug-likeness (QED) is 0.571. The third-order valence-electron chi connectivity index (χ3n) is 4.45. The molecule has 3 rings (SSSR count). The second-order valence-electron chi connectivity index (χ2n) is 6.53. The van der Waals surface area contributed by atoms with Gasteiger partial charge in [0.15, 0.2) is 0 Å². The Morgan fingerprint density at radius 3 is 2.41 bits per heavy atom. The number of methoxy groups -OCH3 is 2. The van der Waals surface area contributed by atoms with Gasteiger partial charge in [0.1, 0.15) is 16.4 Å². The molecule has 2 aromatic carbocycles. The van der Waals surface area contributed by atoms with Crippen LogP contribution in [0.15, 0.2) is 59.8 Å². The Bertz CT molecular complexity index is 1230. The van der Waals surface area contributed by atoms with E-state index in [-0.39, 0.29) is 11.3 Å². The summed E-state index contributed by atoms with van der Waals surface area (Å²) in [5.74, 6) is -1.08. The van der Waals surface area contributed by atoms with Gasteiger partial charge in [0, 0.05) is 23.5 Å². The van der Waals surface area contributed by atoms with E-state index in [1.807, 2.05) is 0 Å². The van der Waals surface area contributed by atoms with Crippen molar-refractivity contribution in [1.29, 1.82) is 0 Å². The Hall–Kier alpha value is -3.54. The lowest BCUT2D eigenvalue weighted by Crippen LogP contribution is -2.31. The number of rotatable bonds is 7. The number of aromatic nitrogens is 2. The zero-order valence-corrected chi connectivity index (χ0v) is 17.7. The Morgan fingerprint density at radius 2 is 1.81 bits per heavy atom. The van der Waals surface area contributed by atoms with Crippen molar-refractivity contribution in [2.45, 2.75) is 17.6 Å². The van der Waals surface area contributed by atoms with Crippen LogP contribution < -0.4 is 14.2 Å². The van der Waals surface area contributed by atoms with E-state index in [1.54, 1.807) is 33.9 Å². The molecule has 0 atom stereocenters. The maximum atomic E-state index is 13.0. The molecule has 12 heteroatoms. The van der Waals surface area contributed by atoms with Crippen LogP contribution >= 0.6 is 0 Å². The van der Waals surface area contributed by atoms with Gasteiger partial charge < -0.3 is 9.47 Å². The zero-order valence-electron chi connectivity index (χ0n) is 16.9. The molecule has 0 aliphatic heterocycles. The van der Waals surface area contributed by atoms with Crippen molar-refractivity contribution in [3.8, 4) is 11.5 Å². The molecule has 1 heterocycles. The van der Waals surface area contributed by atoms with Crippen LogP contribution in [0.4, 0.5) is 13.2 Å². The first-order valence-electron chi connectivity index (χ1n) is 9.02. The van der Waals surface area contributed by atoms with Crippen molar-refractivity contribution < 1.29 is 35.9 Å². The van der Waals surface area contributed by atoms with Crippen molar-refractivity contribution in [1.82, 2.24) is 14.5 Å². The van der Waals surface area contributed by atoms with E-state index < -0.39 is 32.6 Å². The summed E-state index contributed by atoms with van der Waals surface area (Å²) in [5, 5.41) is 4.08. The second-order valence-corrected chi connectivity index (χ2v) is 8.18. The zero-order chi connectivity index (χ0) is 23.5. The minimum absolute atomic E-state index is 0.0689. The molecule has 0 saturated carbocycles. The molecule has 0 fully saturated rings. The predicted octanol–water partition coefficient (Wildman–Crippen LogP) is 3.09. The van der Waals surface area contributed by atoms with Gasteiger partial charge in [0.05, 0.1) is 26.3 Å². The largest absolute Gasteiger partial charge is 0.496 e. The van der Waals surface area contributed by atoms with E-state index in [2.05, 4.69) is 5.10 Å². The number of hydrogen-bond acceptors (Lipinski definition) is 6. The molecule has 32 heavy (non-hydrogen) atoms. The molecule has 0 aliphatic carbocycles. The van der Waals surface area contributed by atoms with Crippen molar-refractivity contribution in [2.75, 3.05) is 14.2 Å². The molecule has 0 aliphatic rings. The summed E-state index contributed by atoms with van der Waals surface area (Å²) < 4.78 is 78.0. The summed E-state index contributed by atoms with van der Waals surface area (Å²) in [5.41, 5.74) is -0.591. The maximum absolute atomic E-state index is 13.0. The number of halogens is 3. The van der Waals surface area contributed by atoms with Gasteiger partial charge in [0.25, 0.3) is 15.9 Å². The number of carbonyl (C=O) groups excluding carboxylic acids is 1. The highest BCUT2D eigenvalue weighted by Gasteiger charge is 2.33. The highest BCUT2D eigenvalue weighted by Crippen LogP contribution is 2.34. The first-order chi connectivity index (χ1) is 15.0. The third kappa shape index (κ3) is 5.02. The summed E-state index contributed by atoms with van der Waals surface area (Å²) in [6.07, 6.45) is -1.45. The summed E-state index contributed by atoms with van der Waals surface area (Å²) in [6.45, 7) is 0.345. The molecule has 0 bridgehead atoms. The van der Waals surface area contributed by atoms with Gasteiger partial charge in [-0.15, -0.1) is 0 Å². The van der Waals surface area contributed by atoms with Crippen LogP contribution in [0.1, 0.15) is 21.5 Å².